The molecule has 0 atom stereocenters. The molecule has 4 nitrogen and oxygen atoms in total. The molecule has 1 amide bonds. The van der Waals surface area contributed by atoms with Crippen molar-refractivity contribution in [2.24, 2.45) is 0 Å². The molecule has 24 heavy (non-hydrogen) atoms. The van der Waals surface area contributed by atoms with E-state index in [-0.39, 0.29) is 10.8 Å². The third kappa shape index (κ3) is 6.63. The van der Waals surface area contributed by atoms with Crippen molar-refractivity contribution in [1.29, 1.82) is 0 Å². The highest BCUT2D eigenvalue weighted by atomic mass is 32.2. The highest BCUT2D eigenvalue weighted by Gasteiger charge is 2.19. The van der Waals surface area contributed by atoms with E-state index in [4.69, 9.17) is 0 Å². The summed E-state index contributed by atoms with van der Waals surface area (Å²) in [6.07, 6.45) is 8.47. The van der Waals surface area contributed by atoms with Gasteiger partial charge in [0, 0.05) is 12.1 Å². The first-order valence-electron chi connectivity index (χ1n) is 9.01. The molecule has 136 valence electrons. The van der Waals surface area contributed by atoms with Crippen LogP contribution in [0.2, 0.25) is 0 Å². The lowest BCUT2D eigenvalue weighted by Crippen LogP contribution is -2.24. The van der Waals surface area contributed by atoms with Crippen LogP contribution in [0, 0.1) is 0 Å². The normalized spacial score (nSPS) is 11.7. The number of carbonyl (C=O) groups is 1. The summed E-state index contributed by atoms with van der Waals surface area (Å²) in [5.74, 6) is -0.144. The molecule has 0 aliphatic heterocycles. The average Bonchev–Trinajstić information content (AvgIpc) is 2.57. The van der Waals surface area contributed by atoms with Gasteiger partial charge in [0.2, 0.25) is 0 Å². The summed E-state index contributed by atoms with van der Waals surface area (Å²) in [7, 11) is -3.29. The minimum atomic E-state index is -3.29. The number of rotatable bonds is 11. The van der Waals surface area contributed by atoms with E-state index in [0.717, 1.165) is 12.8 Å². The highest BCUT2D eigenvalue weighted by Crippen LogP contribution is 2.16. The van der Waals surface area contributed by atoms with Crippen molar-refractivity contribution >= 4 is 15.7 Å². The van der Waals surface area contributed by atoms with E-state index in [0.29, 0.717) is 12.1 Å². The van der Waals surface area contributed by atoms with Crippen LogP contribution < -0.4 is 5.32 Å². The van der Waals surface area contributed by atoms with Gasteiger partial charge in [-0.2, -0.15) is 0 Å². The molecule has 0 radical (unpaired) electrons. The summed E-state index contributed by atoms with van der Waals surface area (Å²) in [6, 6.07) is 6.18. The zero-order chi connectivity index (χ0) is 18.0. The lowest BCUT2D eigenvalue weighted by Gasteiger charge is -2.09. The van der Waals surface area contributed by atoms with Crippen LogP contribution in [-0.4, -0.2) is 26.1 Å². The Kier molecular flexibility index (Phi) is 9.04. The standard InChI is InChI=1S/C19H31NO3S/c1-4-5-6-7-8-9-10-15-20-19(21)17-11-13-18(14-12-17)24(22,23)16(2)3/h11-14,16H,4-10,15H2,1-3H3,(H,20,21). The van der Waals surface area contributed by atoms with Gasteiger partial charge in [-0.3, -0.25) is 4.79 Å². The Hall–Kier alpha value is -1.36. The van der Waals surface area contributed by atoms with Crippen molar-refractivity contribution in [3.8, 4) is 0 Å². The molecular formula is C19H31NO3S. The van der Waals surface area contributed by atoms with Crippen molar-refractivity contribution in [3.63, 3.8) is 0 Å². The number of benzene rings is 1. The zero-order valence-corrected chi connectivity index (χ0v) is 16.0. The van der Waals surface area contributed by atoms with Crippen LogP contribution in [0.1, 0.15) is 76.1 Å². The van der Waals surface area contributed by atoms with Crippen LogP contribution in [0.25, 0.3) is 0 Å². The largest absolute Gasteiger partial charge is 0.352 e. The summed E-state index contributed by atoms with van der Waals surface area (Å²) < 4.78 is 24.1. The molecule has 1 rings (SSSR count). The summed E-state index contributed by atoms with van der Waals surface area (Å²) >= 11 is 0. The van der Waals surface area contributed by atoms with Gasteiger partial charge in [0.25, 0.3) is 5.91 Å². The van der Waals surface area contributed by atoms with Crippen molar-refractivity contribution in [2.45, 2.75) is 75.9 Å². The third-order valence-corrected chi connectivity index (χ3v) is 6.30. The van der Waals surface area contributed by atoms with Crippen molar-refractivity contribution in [3.05, 3.63) is 29.8 Å². The fourth-order valence-corrected chi connectivity index (χ4v) is 3.51. The van der Waals surface area contributed by atoms with Crippen LogP contribution >= 0.6 is 0 Å². The SMILES string of the molecule is CCCCCCCCCNC(=O)c1ccc(S(=O)(=O)C(C)C)cc1. The molecule has 0 unspecified atom stereocenters. The molecular weight excluding hydrogens is 322 g/mol. The Bertz CT molecular complexity index is 592. The number of carbonyl (C=O) groups excluding carboxylic acids is 1. The van der Waals surface area contributed by atoms with Gasteiger partial charge in [0.15, 0.2) is 9.84 Å². The van der Waals surface area contributed by atoms with E-state index in [1.165, 1.54) is 44.2 Å². The van der Waals surface area contributed by atoms with E-state index in [1.54, 1.807) is 26.0 Å². The Labute approximate surface area is 147 Å². The van der Waals surface area contributed by atoms with Gasteiger partial charge >= 0.3 is 0 Å². The van der Waals surface area contributed by atoms with Gasteiger partial charge in [-0.1, -0.05) is 45.4 Å². The number of hydrogen-bond acceptors (Lipinski definition) is 3. The van der Waals surface area contributed by atoms with Gasteiger partial charge in [0.05, 0.1) is 10.1 Å². The molecule has 0 spiro atoms. The first kappa shape index (κ1) is 20.7. The smallest absolute Gasteiger partial charge is 0.251 e. The van der Waals surface area contributed by atoms with Crippen LogP contribution in [0.4, 0.5) is 0 Å². The number of nitrogens with one attached hydrogen (secondary N) is 1. The summed E-state index contributed by atoms with van der Waals surface area (Å²) in [6.45, 7) is 6.18. The molecule has 0 aliphatic carbocycles. The van der Waals surface area contributed by atoms with Gasteiger partial charge in [-0.25, -0.2) is 8.42 Å². The maximum absolute atomic E-state index is 12.1. The van der Waals surface area contributed by atoms with Crippen LogP contribution in [0.15, 0.2) is 29.2 Å². The fourth-order valence-electron chi connectivity index (χ4n) is 2.45. The maximum atomic E-state index is 12.1. The second-order valence-electron chi connectivity index (χ2n) is 6.50. The number of sulfone groups is 1. The first-order valence-corrected chi connectivity index (χ1v) is 10.6. The van der Waals surface area contributed by atoms with Gasteiger partial charge < -0.3 is 5.32 Å². The summed E-state index contributed by atoms with van der Waals surface area (Å²) in [5, 5.41) is 2.43. The molecule has 1 aromatic carbocycles. The van der Waals surface area contributed by atoms with Gasteiger partial charge in [-0.15, -0.1) is 0 Å². The monoisotopic (exact) mass is 353 g/mol. The average molecular weight is 354 g/mol. The van der Waals surface area contributed by atoms with Gasteiger partial charge in [0.1, 0.15) is 0 Å². The molecule has 0 aliphatic rings. The Morgan fingerprint density at radius 1 is 0.958 bits per heavy atom. The molecule has 0 saturated heterocycles. The van der Waals surface area contributed by atoms with E-state index in [9.17, 15) is 13.2 Å². The zero-order valence-electron chi connectivity index (χ0n) is 15.2. The Balaban J connectivity index is 2.36. The lowest BCUT2D eigenvalue weighted by atomic mass is 10.1. The number of amides is 1. The van der Waals surface area contributed by atoms with Crippen molar-refractivity contribution in [1.82, 2.24) is 5.32 Å². The van der Waals surface area contributed by atoms with Gasteiger partial charge in [-0.05, 0) is 44.5 Å². The molecule has 0 heterocycles. The molecule has 0 fully saturated rings. The first-order chi connectivity index (χ1) is 11.4. The Morgan fingerprint density at radius 3 is 2.04 bits per heavy atom. The minimum Gasteiger partial charge on any atom is -0.352 e. The van der Waals surface area contributed by atoms with Crippen molar-refractivity contribution in [2.75, 3.05) is 6.54 Å². The fraction of sp³-hybridized carbons (Fsp3) is 0.632. The van der Waals surface area contributed by atoms with Crippen LogP contribution in [0.5, 0.6) is 0 Å². The quantitative estimate of drug-likeness (QED) is 0.602. The summed E-state index contributed by atoms with van der Waals surface area (Å²) in [4.78, 5) is 12.3. The van der Waals surface area contributed by atoms with E-state index in [2.05, 4.69) is 12.2 Å². The maximum Gasteiger partial charge on any atom is 0.251 e. The second kappa shape index (κ2) is 10.5. The predicted molar refractivity (Wildman–Crippen MR) is 99.1 cm³/mol. The van der Waals surface area contributed by atoms with Crippen LogP contribution in [-0.2, 0) is 9.84 Å². The second-order valence-corrected chi connectivity index (χ2v) is 9.00. The third-order valence-electron chi connectivity index (χ3n) is 4.13. The Morgan fingerprint density at radius 2 is 1.50 bits per heavy atom. The van der Waals surface area contributed by atoms with E-state index >= 15 is 0 Å². The number of hydrogen-bond donors (Lipinski definition) is 1. The summed E-state index contributed by atoms with van der Waals surface area (Å²) in [5.41, 5.74) is 0.501. The topological polar surface area (TPSA) is 63.2 Å². The lowest BCUT2D eigenvalue weighted by molar-refractivity contribution is 0.0953. The minimum absolute atomic E-state index is 0.144. The van der Waals surface area contributed by atoms with Crippen molar-refractivity contribution < 1.29 is 13.2 Å². The van der Waals surface area contributed by atoms with E-state index < -0.39 is 15.1 Å². The molecule has 1 aromatic rings. The molecule has 0 aromatic heterocycles. The molecule has 0 saturated carbocycles. The predicted octanol–water partition coefficient (Wildman–Crippen LogP) is 4.35. The van der Waals surface area contributed by atoms with E-state index in [1.807, 2.05) is 0 Å². The van der Waals surface area contributed by atoms with Crippen LogP contribution in [0.3, 0.4) is 0 Å². The molecule has 1 N–H and O–H groups in total. The number of unbranched alkanes of at least 4 members (excludes halogenated alkanes) is 6. The molecule has 5 heteroatoms. The molecule has 0 bridgehead atoms. The highest BCUT2D eigenvalue weighted by molar-refractivity contribution is 7.92.